The number of hydrazine groups is 1. The molecule has 0 spiro atoms. The van der Waals surface area contributed by atoms with Crippen molar-refractivity contribution in [3.05, 3.63) is 34.3 Å². The second-order valence-corrected chi connectivity index (χ2v) is 4.48. The zero-order chi connectivity index (χ0) is 13.1. The number of nitrogens with zero attached hydrogens (tertiary/aromatic N) is 2. The molecule has 0 radical (unpaired) electrons. The molecule has 0 atom stereocenters. The lowest BCUT2D eigenvalue weighted by Crippen LogP contribution is -2.10. The van der Waals surface area contributed by atoms with E-state index in [0.717, 1.165) is 10.0 Å². The van der Waals surface area contributed by atoms with Crippen LogP contribution in [0.4, 0.5) is 11.8 Å². The fourth-order valence-electron chi connectivity index (χ4n) is 1.37. The lowest BCUT2D eigenvalue weighted by Gasteiger charge is -2.09. The Morgan fingerprint density at radius 3 is 2.72 bits per heavy atom. The summed E-state index contributed by atoms with van der Waals surface area (Å²) in [6.07, 6.45) is 0. The van der Waals surface area contributed by atoms with E-state index in [4.69, 9.17) is 16.3 Å². The number of nitrogens with one attached hydrogen (secondary N) is 1. The van der Waals surface area contributed by atoms with Crippen LogP contribution in [0.25, 0.3) is 0 Å². The van der Waals surface area contributed by atoms with Crippen LogP contribution in [0.3, 0.4) is 0 Å². The Morgan fingerprint density at radius 1 is 1.28 bits per heavy atom. The Labute approximate surface area is 112 Å². The van der Waals surface area contributed by atoms with Crippen molar-refractivity contribution in [2.24, 2.45) is 5.84 Å². The van der Waals surface area contributed by atoms with Gasteiger partial charge in [0, 0.05) is 6.07 Å². The highest BCUT2D eigenvalue weighted by molar-refractivity contribution is 9.10. The molecule has 0 saturated carbocycles. The number of nitrogens with two attached hydrogens (primary N) is 2. The van der Waals surface area contributed by atoms with E-state index in [9.17, 15) is 0 Å². The number of hydrogen-bond acceptors (Lipinski definition) is 6. The summed E-state index contributed by atoms with van der Waals surface area (Å²) in [6.45, 7) is 1.99. The first-order valence-corrected chi connectivity index (χ1v) is 5.93. The number of hydrogen-bond donors (Lipinski definition) is 3. The molecule has 2 aromatic rings. The minimum Gasteiger partial charge on any atom is -0.438 e. The normalized spacial score (nSPS) is 10.2. The summed E-state index contributed by atoms with van der Waals surface area (Å²) in [4.78, 5) is 7.84. The second-order valence-electron chi connectivity index (χ2n) is 3.63. The molecule has 0 aliphatic heterocycles. The van der Waals surface area contributed by atoms with Crippen molar-refractivity contribution in [1.29, 1.82) is 0 Å². The van der Waals surface area contributed by atoms with E-state index in [0.29, 0.717) is 17.4 Å². The molecule has 94 valence electrons. The van der Waals surface area contributed by atoms with Crippen LogP contribution in [-0.4, -0.2) is 9.97 Å². The first-order chi connectivity index (χ1) is 8.58. The van der Waals surface area contributed by atoms with Crippen molar-refractivity contribution in [3.63, 3.8) is 0 Å². The Morgan fingerprint density at radius 2 is 2.06 bits per heavy atom. The Balaban J connectivity index is 2.30. The predicted octanol–water partition coefficient (Wildman–Crippen LogP) is 2.21. The van der Waals surface area contributed by atoms with E-state index in [1.54, 1.807) is 6.07 Å². The summed E-state index contributed by atoms with van der Waals surface area (Å²) in [6, 6.07) is 7.28. The van der Waals surface area contributed by atoms with Gasteiger partial charge in [-0.25, -0.2) is 5.84 Å². The molecule has 0 amide bonds. The molecule has 0 aliphatic rings. The molecule has 0 saturated heterocycles. The van der Waals surface area contributed by atoms with Crippen molar-refractivity contribution < 1.29 is 4.74 Å². The Hall–Kier alpha value is -1.86. The van der Waals surface area contributed by atoms with Crippen LogP contribution in [0, 0.1) is 6.92 Å². The first-order valence-electron chi connectivity index (χ1n) is 5.13. The minimum absolute atomic E-state index is 0.0867. The maximum atomic E-state index is 5.61. The fourth-order valence-corrected chi connectivity index (χ4v) is 1.94. The third kappa shape index (κ3) is 2.88. The van der Waals surface area contributed by atoms with Crippen LogP contribution in [0.15, 0.2) is 28.7 Å². The number of nitrogen functional groups attached to an aromatic ring is 2. The highest BCUT2D eigenvalue weighted by atomic mass is 79.9. The third-order valence-electron chi connectivity index (χ3n) is 2.17. The van der Waals surface area contributed by atoms with Crippen LogP contribution in [0.1, 0.15) is 5.56 Å². The SMILES string of the molecule is Cc1ccc(Oc2cc(NN)nc(N)n2)c(Br)c1. The molecule has 0 bridgehead atoms. The predicted molar refractivity (Wildman–Crippen MR) is 73.2 cm³/mol. The van der Waals surface area contributed by atoms with Gasteiger partial charge in [0.05, 0.1) is 4.47 Å². The van der Waals surface area contributed by atoms with Gasteiger partial charge in [-0.05, 0) is 40.5 Å². The van der Waals surface area contributed by atoms with Crippen LogP contribution in [0.2, 0.25) is 0 Å². The average molecular weight is 310 g/mol. The van der Waals surface area contributed by atoms with Crippen molar-refractivity contribution in [2.75, 3.05) is 11.2 Å². The standard InChI is InChI=1S/C11H12BrN5O/c1-6-2-3-8(7(12)4-6)18-10-5-9(17-14)15-11(13)16-10/h2-5H,14H2,1H3,(H3,13,15,16,17). The van der Waals surface area contributed by atoms with E-state index >= 15 is 0 Å². The van der Waals surface area contributed by atoms with Crippen LogP contribution in [-0.2, 0) is 0 Å². The van der Waals surface area contributed by atoms with Crippen LogP contribution in [0.5, 0.6) is 11.6 Å². The highest BCUT2D eigenvalue weighted by Crippen LogP contribution is 2.30. The van der Waals surface area contributed by atoms with Crippen LogP contribution >= 0.6 is 15.9 Å². The average Bonchev–Trinajstić information content (AvgIpc) is 2.32. The van der Waals surface area contributed by atoms with Gasteiger partial charge < -0.3 is 15.9 Å². The zero-order valence-electron chi connectivity index (χ0n) is 9.64. The minimum atomic E-state index is 0.0867. The summed E-state index contributed by atoms with van der Waals surface area (Å²) in [5.74, 6) is 6.71. The maximum absolute atomic E-state index is 5.61. The molecule has 0 aliphatic carbocycles. The molecule has 7 heteroatoms. The lowest BCUT2D eigenvalue weighted by molar-refractivity contribution is 0.460. The summed E-state index contributed by atoms with van der Waals surface area (Å²) in [5, 5.41) is 0. The summed E-state index contributed by atoms with van der Waals surface area (Å²) in [5.41, 5.74) is 9.06. The Kier molecular flexibility index (Phi) is 3.63. The highest BCUT2D eigenvalue weighted by Gasteiger charge is 2.06. The molecule has 1 aromatic heterocycles. The van der Waals surface area contributed by atoms with E-state index in [-0.39, 0.29) is 5.95 Å². The smallest absolute Gasteiger partial charge is 0.226 e. The maximum Gasteiger partial charge on any atom is 0.226 e. The molecule has 6 nitrogen and oxygen atoms in total. The van der Waals surface area contributed by atoms with Gasteiger partial charge in [-0.15, -0.1) is 0 Å². The van der Waals surface area contributed by atoms with Gasteiger partial charge in [0.1, 0.15) is 11.6 Å². The number of rotatable bonds is 3. The fraction of sp³-hybridized carbons (Fsp3) is 0.0909. The van der Waals surface area contributed by atoms with Crippen LogP contribution < -0.4 is 21.7 Å². The number of aromatic nitrogens is 2. The number of anilines is 2. The number of aryl methyl sites for hydroxylation is 1. The molecule has 1 heterocycles. The molecule has 1 aromatic carbocycles. The van der Waals surface area contributed by atoms with Crippen molar-refractivity contribution in [1.82, 2.24) is 9.97 Å². The molecular formula is C11H12BrN5O. The van der Waals surface area contributed by atoms with Gasteiger partial charge >= 0.3 is 0 Å². The zero-order valence-corrected chi connectivity index (χ0v) is 11.2. The molecule has 0 fully saturated rings. The van der Waals surface area contributed by atoms with Crippen molar-refractivity contribution in [2.45, 2.75) is 6.92 Å². The largest absolute Gasteiger partial charge is 0.438 e. The van der Waals surface area contributed by atoms with E-state index < -0.39 is 0 Å². The molecule has 2 rings (SSSR count). The molecule has 18 heavy (non-hydrogen) atoms. The van der Waals surface area contributed by atoms with Crippen molar-refractivity contribution in [3.8, 4) is 11.6 Å². The van der Waals surface area contributed by atoms with E-state index in [2.05, 4.69) is 31.3 Å². The second kappa shape index (κ2) is 5.19. The number of benzene rings is 1. The van der Waals surface area contributed by atoms with E-state index in [1.165, 1.54) is 0 Å². The Bertz CT molecular complexity index is 575. The summed E-state index contributed by atoms with van der Waals surface area (Å²) < 4.78 is 6.45. The summed E-state index contributed by atoms with van der Waals surface area (Å²) in [7, 11) is 0. The molecule has 0 unspecified atom stereocenters. The van der Waals surface area contributed by atoms with Gasteiger partial charge in [0.2, 0.25) is 11.8 Å². The van der Waals surface area contributed by atoms with E-state index in [1.807, 2.05) is 25.1 Å². The number of ether oxygens (including phenoxy) is 1. The molecule has 5 N–H and O–H groups in total. The topological polar surface area (TPSA) is 99.1 Å². The quantitative estimate of drug-likeness (QED) is 0.594. The summed E-state index contributed by atoms with van der Waals surface area (Å²) >= 11 is 3.42. The number of halogens is 1. The van der Waals surface area contributed by atoms with Gasteiger partial charge in [0.15, 0.2) is 0 Å². The molecular weight excluding hydrogens is 298 g/mol. The third-order valence-corrected chi connectivity index (χ3v) is 2.79. The monoisotopic (exact) mass is 309 g/mol. The van der Waals surface area contributed by atoms with Gasteiger partial charge in [-0.3, -0.25) is 0 Å². The van der Waals surface area contributed by atoms with Gasteiger partial charge in [-0.1, -0.05) is 6.07 Å². The first kappa shape index (κ1) is 12.6. The van der Waals surface area contributed by atoms with Gasteiger partial charge in [-0.2, -0.15) is 9.97 Å². The van der Waals surface area contributed by atoms with Gasteiger partial charge in [0.25, 0.3) is 0 Å². The lowest BCUT2D eigenvalue weighted by atomic mass is 10.2. The van der Waals surface area contributed by atoms with Crippen molar-refractivity contribution >= 4 is 27.7 Å².